The van der Waals surface area contributed by atoms with Gasteiger partial charge < -0.3 is 9.47 Å². The number of ether oxygens (including phenoxy) is 2. The van der Waals surface area contributed by atoms with Crippen LogP contribution in [0.4, 0.5) is 4.39 Å². The summed E-state index contributed by atoms with van der Waals surface area (Å²) >= 11 is 0. The summed E-state index contributed by atoms with van der Waals surface area (Å²) in [4.78, 5) is 12.2. The van der Waals surface area contributed by atoms with E-state index in [1.165, 1.54) is 31.4 Å². The minimum atomic E-state index is -4.24. The second-order valence-corrected chi connectivity index (χ2v) is 9.90. The van der Waals surface area contributed by atoms with Gasteiger partial charge in [0.15, 0.2) is 17.2 Å². The van der Waals surface area contributed by atoms with Gasteiger partial charge in [-0.15, -0.1) is 0 Å². The van der Waals surface area contributed by atoms with Crippen LogP contribution in [0.2, 0.25) is 0 Å². The number of hydrogen-bond donors (Lipinski definition) is 1. The van der Waals surface area contributed by atoms with Gasteiger partial charge >= 0.3 is 5.97 Å². The highest BCUT2D eigenvalue weighted by atomic mass is 32.2. The number of carbonyl (C=O) groups is 1. The largest absolute Gasteiger partial charge is 0.471 e. The van der Waals surface area contributed by atoms with E-state index in [4.69, 9.17) is 14.0 Å². The second-order valence-electron chi connectivity index (χ2n) is 8.33. The average Bonchev–Trinajstić information content (AvgIpc) is 2.74. The standard InChI is InChI=1S/C23H29FO6S/c24-20-10-9-19(22(25)29-15-16-31(26,27)28)17-21(20)30-23(12-5-2-6-13-23)14-11-18-7-3-1-4-8-18/h9-10,17-18H,1-8,12-13,15-16H2,(H,26,27,28). The molecule has 0 unspecified atom stereocenters. The van der Waals surface area contributed by atoms with Gasteiger partial charge in [-0.1, -0.05) is 37.5 Å². The SMILES string of the molecule is O=C(OCCS(=O)(=O)O)c1ccc(F)c(OC2(C#CC3CCCCC3)CCCCC2)c1. The Kier molecular flexibility index (Phi) is 7.95. The highest BCUT2D eigenvalue weighted by Gasteiger charge is 2.34. The van der Waals surface area contributed by atoms with Crippen LogP contribution in [0, 0.1) is 23.6 Å². The van der Waals surface area contributed by atoms with Crippen LogP contribution in [0.15, 0.2) is 18.2 Å². The number of benzene rings is 1. The van der Waals surface area contributed by atoms with Crippen LogP contribution in [0.1, 0.15) is 74.6 Å². The Bertz CT molecular complexity index is 935. The Hall–Kier alpha value is -2.11. The van der Waals surface area contributed by atoms with E-state index in [1.54, 1.807) is 0 Å². The topological polar surface area (TPSA) is 89.9 Å². The molecule has 1 aromatic carbocycles. The fraction of sp³-hybridized carbons (Fsp3) is 0.609. The molecule has 0 amide bonds. The summed E-state index contributed by atoms with van der Waals surface area (Å²) in [6.45, 7) is -0.498. The maximum Gasteiger partial charge on any atom is 0.338 e. The predicted octanol–water partition coefficient (Wildman–Crippen LogP) is 4.54. The van der Waals surface area contributed by atoms with Gasteiger partial charge in [0.05, 0.1) is 5.56 Å². The lowest BCUT2D eigenvalue weighted by molar-refractivity contribution is 0.0524. The molecule has 0 heterocycles. The molecule has 0 spiro atoms. The van der Waals surface area contributed by atoms with E-state index < -0.39 is 39.9 Å². The molecule has 2 saturated carbocycles. The molecular formula is C23H29FO6S. The van der Waals surface area contributed by atoms with Crippen molar-refractivity contribution >= 4 is 16.1 Å². The van der Waals surface area contributed by atoms with Crippen LogP contribution in [0.3, 0.4) is 0 Å². The fourth-order valence-electron chi connectivity index (χ4n) is 4.10. The van der Waals surface area contributed by atoms with Crippen molar-refractivity contribution in [3.05, 3.63) is 29.6 Å². The molecule has 2 aliphatic rings. The lowest BCUT2D eigenvalue weighted by Gasteiger charge is -2.33. The third kappa shape index (κ3) is 7.22. The first kappa shape index (κ1) is 23.6. The first-order valence-electron chi connectivity index (χ1n) is 10.9. The summed E-state index contributed by atoms with van der Waals surface area (Å²) in [7, 11) is -4.24. The number of hydrogen-bond acceptors (Lipinski definition) is 5. The molecule has 0 radical (unpaired) electrons. The smallest absolute Gasteiger partial charge is 0.338 e. The van der Waals surface area contributed by atoms with E-state index in [1.807, 2.05) is 0 Å². The Balaban J connectivity index is 1.75. The van der Waals surface area contributed by atoms with Crippen molar-refractivity contribution in [1.29, 1.82) is 0 Å². The summed E-state index contributed by atoms with van der Waals surface area (Å²) < 4.78 is 55.8. The van der Waals surface area contributed by atoms with Crippen LogP contribution in [0.25, 0.3) is 0 Å². The molecule has 8 heteroatoms. The van der Waals surface area contributed by atoms with Crippen LogP contribution < -0.4 is 4.74 Å². The second kappa shape index (κ2) is 10.5. The third-order valence-electron chi connectivity index (χ3n) is 5.82. The zero-order chi connectivity index (χ0) is 22.3. The molecule has 1 N–H and O–H groups in total. The molecule has 0 aliphatic heterocycles. The van der Waals surface area contributed by atoms with Gasteiger partial charge in [0, 0.05) is 5.92 Å². The van der Waals surface area contributed by atoms with Gasteiger partial charge in [-0.3, -0.25) is 4.55 Å². The minimum absolute atomic E-state index is 0.0398. The van der Waals surface area contributed by atoms with Crippen LogP contribution in [0.5, 0.6) is 5.75 Å². The lowest BCUT2D eigenvalue weighted by Crippen LogP contribution is -2.37. The Morgan fingerprint density at radius 2 is 1.81 bits per heavy atom. The van der Waals surface area contributed by atoms with Gasteiger partial charge in [-0.05, 0) is 56.7 Å². The van der Waals surface area contributed by atoms with E-state index >= 15 is 0 Å². The average molecular weight is 453 g/mol. The van der Waals surface area contributed by atoms with Crippen molar-refractivity contribution in [2.24, 2.45) is 5.92 Å². The van der Waals surface area contributed by atoms with Crippen molar-refractivity contribution < 1.29 is 31.6 Å². The molecule has 3 rings (SSSR count). The van der Waals surface area contributed by atoms with Gasteiger partial charge in [0.2, 0.25) is 0 Å². The quantitative estimate of drug-likeness (QED) is 0.387. The zero-order valence-corrected chi connectivity index (χ0v) is 18.4. The molecule has 31 heavy (non-hydrogen) atoms. The van der Waals surface area contributed by atoms with E-state index in [-0.39, 0.29) is 11.3 Å². The van der Waals surface area contributed by atoms with Crippen molar-refractivity contribution in [1.82, 2.24) is 0 Å². The highest BCUT2D eigenvalue weighted by Crippen LogP contribution is 2.35. The van der Waals surface area contributed by atoms with E-state index in [0.29, 0.717) is 18.8 Å². The predicted molar refractivity (Wildman–Crippen MR) is 114 cm³/mol. The van der Waals surface area contributed by atoms with Crippen molar-refractivity contribution in [3.63, 3.8) is 0 Å². The van der Waals surface area contributed by atoms with Crippen LogP contribution in [-0.4, -0.2) is 36.9 Å². The lowest BCUT2D eigenvalue weighted by atomic mass is 9.83. The van der Waals surface area contributed by atoms with E-state index in [0.717, 1.165) is 38.2 Å². The maximum atomic E-state index is 14.5. The fourth-order valence-corrected chi connectivity index (χ4v) is 4.39. The molecule has 0 aromatic heterocycles. The summed E-state index contributed by atoms with van der Waals surface area (Å²) in [6.07, 6.45) is 10.2. The third-order valence-corrected chi connectivity index (χ3v) is 6.50. The normalized spacial score (nSPS) is 19.2. The van der Waals surface area contributed by atoms with Gasteiger partial charge in [-0.2, -0.15) is 8.42 Å². The van der Waals surface area contributed by atoms with Crippen molar-refractivity contribution in [3.8, 4) is 17.6 Å². The number of esters is 1. The molecule has 2 aliphatic carbocycles. The highest BCUT2D eigenvalue weighted by molar-refractivity contribution is 7.85. The van der Waals surface area contributed by atoms with Gasteiger partial charge in [-0.25, -0.2) is 9.18 Å². The van der Waals surface area contributed by atoms with E-state index in [9.17, 15) is 17.6 Å². The molecule has 0 saturated heterocycles. The summed E-state index contributed by atoms with van der Waals surface area (Å²) in [5.41, 5.74) is -0.734. The molecule has 0 bridgehead atoms. The minimum Gasteiger partial charge on any atom is -0.471 e. The number of carbonyl (C=O) groups excluding carboxylic acids is 1. The molecule has 6 nitrogen and oxygen atoms in total. The van der Waals surface area contributed by atoms with Gasteiger partial charge in [0.1, 0.15) is 12.4 Å². The summed E-state index contributed by atoms with van der Waals surface area (Å²) in [5.74, 6) is 4.88. The van der Waals surface area contributed by atoms with E-state index in [2.05, 4.69) is 11.8 Å². The molecule has 0 atom stereocenters. The zero-order valence-electron chi connectivity index (χ0n) is 17.6. The van der Waals surface area contributed by atoms with Crippen molar-refractivity contribution in [2.45, 2.75) is 69.8 Å². The van der Waals surface area contributed by atoms with Gasteiger partial charge in [0.25, 0.3) is 10.1 Å². The Morgan fingerprint density at radius 3 is 2.48 bits per heavy atom. The molecule has 170 valence electrons. The van der Waals surface area contributed by atoms with Crippen LogP contribution in [-0.2, 0) is 14.9 Å². The number of halogens is 1. The van der Waals surface area contributed by atoms with Crippen LogP contribution >= 0.6 is 0 Å². The molecule has 2 fully saturated rings. The first-order chi connectivity index (χ1) is 14.8. The molecular weight excluding hydrogens is 423 g/mol. The monoisotopic (exact) mass is 452 g/mol. The summed E-state index contributed by atoms with van der Waals surface area (Å²) in [6, 6.07) is 3.64. The number of rotatable bonds is 6. The summed E-state index contributed by atoms with van der Waals surface area (Å²) in [5, 5.41) is 0. The first-order valence-corrected chi connectivity index (χ1v) is 12.5. The Labute approximate surface area is 183 Å². The van der Waals surface area contributed by atoms with Crippen molar-refractivity contribution in [2.75, 3.05) is 12.4 Å². The Morgan fingerprint density at radius 1 is 1.13 bits per heavy atom. The maximum absolute atomic E-state index is 14.5. The molecule has 1 aromatic rings.